The number of allylic oxidation sites excluding steroid dienone is 1. The molecule has 0 bridgehead atoms. The average Bonchev–Trinajstić information content (AvgIpc) is 2.03. The first-order valence-corrected chi connectivity index (χ1v) is 4.48. The highest BCUT2D eigenvalue weighted by Crippen LogP contribution is 1.95. The molecule has 0 aromatic carbocycles. The zero-order valence-corrected chi connectivity index (χ0v) is 7.53. The summed E-state index contributed by atoms with van der Waals surface area (Å²) in [5, 5.41) is 0. The highest BCUT2D eigenvalue weighted by Gasteiger charge is 1.78. The van der Waals surface area contributed by atoms with Gasteiger partial charge in [0.05, 0.1) is 0 Å². The van der Waals surface area contributed by atoms with E-state index in [0.717, 1.165) is 19.3 Å². The quantitative estimate of drug-likeness (QED) is 0.319. The molecule has 0 aromatic heterocycles. The Balaban J connectivity index is 3.05. The van der Waals surface area contributed by atoms with Gasteiger partial charge in [0.15, 0.2) is 0 Å². The van der Waals surface area contributed by atoms with Crippen molar-refractivity contribution in [3.05, 3.63) is 12.7 Å². The molecule has 0 aliphatic rings. The minimum absolute atomic E-state index is 1.04. The number of unbranched alkanes of at least 4 members (excludes halogenated alkanes) is 4. The molecular formula is C11H18. The normalized spacial score (nSPS) is 8.45. The molecule has 0 atom stereocenters. The molecule has 0 heteroatoms. The van der Waals surface area contributed by atoms with Crippen LogP contribution < -0.4 is 0 Å². The highest BCUT2D eigenvalue weighted by atomic mass is 13.8. The van der Waals surface area contributed by atoms with Crippen LogP contribution in [-0.4, -0.2) is 0 Å². The van der Waals surface area contributed by atoms with Crippen molar-refractivity contribution in [3.8, 4) is 11.8 Å². The lowest BCUT2D eigenvalue weighted by atomic mass is 10.2. The summed E-state index contributed by atoms with van der Waals surface area (Å²) in [6, 6.07) is 0. The molecule has 0 amide bonds. The van der Waals surface area contributed by atoms with Gasteiger partial charge in [-0.05, 0) is 19.3 Å². The van der Waals surface area contributed by atoms with Gasteiger partial charge in [-0.2, -0.15) is 0 Å². The van der Waals surface area contributed by atoms with E-state index in [9.17, 15) is 0 Å². The first-order chi connectivity index (χ1) is 5.41. The average molecular weight is 150 g/mol. The lowest BCUT2D eigenvalue weighted by molar-refractivity contribution is 0.825. The summed E-state index contributed by atoms with van der Waals surface area (Å²) in [6.45, 7) is 5.85. The van der Waals surface area contributed by atoms with E-state index in [2.05, 4.69) is 25.3 Å². The molecule has 0 aliphatic carbocycles. The molecule has 0 rings (SSSR count). The standard InChI is InChI=1S/C11H18/c1-3-5-7-9-11-10-8-6-4-2/h3H,1,4-9H2,2H3. The Morgan fingerprint density at radius 2 is 1.82 bits per heavy atom. The lowest BCUT2D eigenvalue weighted by Crippen LogP contribution is -1.70. The topological polar surface area (TPSA) is 0 Å². The third-order valence-electron chi connectivity index (χ3n) is 1.49. The minimum atomic E-state index is 1.04. The van der Waals surface area contributed by atoms with Crippen molar-refractivity contribution in [2.75, 3.05) is 0 Å². The summed E-state index contributed by atoms with van der Waals surface area (Å²) in [5.41, 5.74) is 0. The molecule has 0 aliphatic heterocycles. The van der Waals surface area contributed by atoms with Crippen LogP contribution in [0.25, 0.3) is 0 Å². The maximum atomic E-state index is 3.66. The Kier molecular flexibility index (Phi) is 8.71. The molecule has 11 heavy (non-hydrogen) atoms. The number of rotatable bonds is 5. The second kappa shape index (κ2) is 9.30. The van der Waals surface area contributed by atoms with Gasteiger partial charge in [0.25, 0.3) is 0 Å². The molecule has 0 unspecified atom stereocenters. The highest BCUT2D eigenvalue weighted by molar-refractivity contribution is 4.98. The van der Waals surface area contributed by atoms with Gasteiger partial charge >= 0.3 is 0 Å². The van der Waals surface area contributed by atoms with Gasteiger partial charge in [-0.25, -0.2) is 0 Å². The van der Waals surface area contributed by atoms with Crippen LogP contribution in [0.5, 0.6) is 0 Å². The summed E-state index contributed by atoms with van der Waals surface area (Å²) < 4.78 is 0. The van der Waals surface area contributed by atoms with E-state index in [1.165, 1.54) is 19.3 Å². The molecule has 0 fully saturated rings. The van der Waals surface area contributed by atoms with Crippen LogP contribution >= 0.6 is 0 Å². The number of hydrogen-bond donors (Lipinski definition) is 0. The van der Waals surface area contributed by atoms with Crippen molar-refractivity contribution < 1.29 is 0 Å². The lowest BCUT2D eigenvalue weighted by Gasteiger charge is -1.86. The van der Waals surface area contributed by atoms with Gasteiger partial charge in [0, 0.05) is 12.8 Å². The smallest absolute Gasteiger partial charge is 0.00916 e. The third kappa shape index (κ3) is 9.30. The Bertz CT molecular complexity index is 134. The van der Waals surface area contributed by atoms with E-state index < -0.39 is 0 Å². The maximum absolute atomic E-state index is 3.66. The molecule has 0 saturated carbocycles. The third-order valence-corrected chi connectivity index (χ3v) is 1.49. The zero-order chi connectivity index (χ0) is 8.36. The molecule has 0 spiro atoms. The van der Waals surface area contributed by atoms with Crippen LogP contribution in [0.4, 0.5) is 0 Å². The van der Waals surface area contributed by atoms with Gasteiger partial charge in [-0.3, -0.25) is 0 Å². The Morgan fingerprint density at radius 1 is 1.18 bits per heavy atom. The van der Waals surface area contributed by atoms with Crippen molar-refractivity contribution >= 4 is 0 Å². The molecular weight excluding hydrogens is 132 g/mol. The fourth-order valence-electron chi connectivity index (χ4n) is 0.777. The summed E-state index contributed by atoms with van der Waals surface area (Å²) in [6.07, 6.45) is 8.83. The van der Waals surface area contributed by atoms with E-state index >= 15 is 0 Å². The maximum Gasteiger partial charge on any atom is 0.00916 e. The van der Waals surface area contributed by atoms with Crippen molar-refractivity contribution in [1.82, 2.24) is 0 Å². The van der Waals surface area contributed by atoms with E-state index in [0.29, 0.717) is 0 Å². The first kappa shape index (κ1) is 10.3. The fourth-order valence-corrected chi connectivity index (χ4v) is 0.777. The Morgan fingerprint density at radius 3 is 2.36 bits per heavy atom. The van der Waals surface area contributed by atoms with Crippen LogP contribution in [0.3, 0.4) is 0 Å². The Labute approximate surface area is 70.7 Å². The molecule has 0 nitrogen and oxygen atoms in total. The van der Waals surface area contributed by atoms with Gasteiger partial charge in [-0.1, -0.05) is 19.4 Å². The Hall–Kier alpha value is -0.700. The summed E-state index contributed by atoms with van der Waals surface area (Å²) in [5.74, 6) is 6.32. The van der Waals surface area contributed by atoms with Crippen LogP contribution in [0.1, 0.15) is 45.4 Å². The van der Waals surface area contributed by atoms with E-state index in [4.69, 9.17) is 0 Å². The molecule has 0 aromatic rings. The molecule has 0 heterocycles. The van der Waals surface area contributed by atoms with Crippen molar-refractivity contribution in [3.63, 3.8) is 0 Å². The van der Waals surface area contributed by atoms with Gasteiger partial charge in [0.1, 0.15) is 0 Å². The first-order valence-electron chi connectivity index (χ1n) is 4.48. The second-order valence-electron chi connectivity index (χ2n) is 2.64. The molecule has 62 valence electrons. The SMILES string of the molecule is C=CCCCC#CCCCC. The minimum Gasteiger partial charge on any atom is -0.103 e. The summed E-state index contributed by atoms with van der Waals surface area (Å²) in [7, 11) is 0. The summed E-state index contributed by atoms with van der Waals surface area (Å²) in [4.78, 5) is 0. The molecule has 0 radical (unpaired) electrons. The van der Waals surface area contributed by atoms with Crippen LogP contribution in [0, 0.1) is 11.8 Å². The molecule has 0 N–H and O–H groups in total. The summed E-state index contributed by atoms with van der Waals surface area (Å²) >= 11 is 0. The second-order valence-corrected chi connectivity index (χ2v) is 2.64. The largest absolute Gasteiger partial charge is 0.103 e. The van der Waals surface area contributed by atoms with Crippen molar-refractivity contribution in [1.29, 1.82) is 0 Å². The van der Waals surface area contributed by atoms with E-state index in [1.54, 1.807) is 0 Å². The fraction of sp³-hybridized carbons (Fsp3) is 0.636. The molecule has 0 saturated heterocycles. The van der Waals surface area contributed by atoms with Crippen LogP contribution in [0.2, 0.25) is 0 Å². The monoisotopic (exact) mass is 150 g/mol. The van der Waals surface area contributed by atoms with Gasteiger partial charge < -0.3 is 0 Å². The van der Waals surface area contributed by atoms with Crippen molar-refractivity contribution in [2.24, 2.45) is 0 Å². The van der Waals surface area contributed by atoms with Crippen molar-refractivity contribution in [2.45, 2.75) is 45.4 Å². The van der Waals surface area contributed by atoms with Crippen LogP contribution in [-0.2, 0) is 0 Å². The van der Waals surface area contributed by atoms with Gasteiger partial charge in [0.2, 0.25) is 0 Å². The van der Waals surface area contributed by atoms with E-state index in [1.807, 2.05) is 6.08 Å². The zero-order valence-electron chi connectivity index (χ0n) is 7.53. The predicted octanol–water partition coefficient (Wildman–Crippen LogP) is 3.54. The van der Waals surface area contributed by atoms with Gasteiger partial charge in [-0.15, -0.1) is 18.4 Å². The predicted molar refractivity (Wildman–Crippen MR) is 51.3 cm³/mol. The van der Waals surface area contributed by atoms with E-state index in [-0.39, 0.29) is 0 Å². The van der Waals surface area contributed by atoms with Crippen LogP contribution in [0.15, 0.2) is 12.7 Å². The number of hydrogen-bond acceptors (Lipinski definition) is 0.